The number of rotatable bonds is 3. The van der Waals surface area contributed by atoms with E-state index in [0.717, 1.165) is 25.7 Å². The van der Waals surface area contributed by atoms with Crippen LogP contribution in [-0.2, 0) is 0 Å². The number of aromatic nitrogens is 1. The lowest BCUT2D eigenvalue weighted by molar-refractivity contribution is 0.0697. The SMILES string of the molecule is CCN(C(=O)c1ccc(F)cn1)C1CCNC1. The lowest BCUT2D eigenvalue weighted by atomic mass is 10.2. The Bertz CT molecular complexity index is 387. The first-order chi connectivity index (χ1) is 8.22. The van der Waals surface area contributed by atoms with Gasteiger partial charge in [0, 0.05) is 19.1 Å². The number of likely N-dealkylation sites (N-methyl/N-ethyl adjacent to an activating group) is 1. The van der Waals surface area contributed by atoms with Gasteiger partial charge in [0.05, 0.1) is 6.20 Å². The second-order valence-corrected chi connectivity index (χ2v) is 4.10. The van der Waals surface area contributed by atoms with Gasteiger partial charge in [-0.15, -0.1) is 0 Å². The molecule has 1 fully saturated rings. The molecule has 1 N–H and O–H groups in total. The highest BCUT2D eigenvalue weighted by molar-refractivity contribution is 5.92. The van der Waals surface area contributed by atoms with E-state index < -0.39 is 5.82 Å². The summed E-state index contributed by atoms with van der Waals surface area (Å²) < 4.78 is 12.7. The van der Waals surface area contributed by atoms with E-state index in [1.807, 2.05) is 6.92 Å². The van der Waals surface area contributed by atoms with Crippen molar-refractivity contribution in [2.75, 3.05) is 19.6 Å². The van der Waals surface area contributed by atoms with Crippen molar-refractivity contribution < 1.29 is 9.18 Å². The first-order valence-electron chi connectivity index (χ1n) is 5.85. The van der Waals surface area contributed by atoms with E-state index in [0.29, 0.717) is 12.2 Å². The summed E-state index contributed by atoms with van der Waals surface area (Å²) in [7, 11) is 0. The molecule has 0 spiro atoms. The largest absolute Gasteiger partial charge is 0.333 e. The average molecular weight is 237 g/mol. The van der Waals surface area contributed by atoms with E-state index in [1.54, 1.807) is 4.90 Å². The predicted molar refractivity (Wildman–Crippen MR) is 62.2 cm³/mol. The Kier molecular flexibility index (Phi) is 3.68. The monoisotopic (exact) mass is 237 g/mol. The van der Waals surface area contributed by atoms with Crippen LogP contribution < -0.4 is 5.32 Å². The van der Waals surface area contributed by atoms with E-state index in [4.69, 9.17) is 0 Å². The molecule has 1 unspecified atom stereocenters. The standard InChI is InChI=1S/C12H16FN3O/c1-2-16(10-5-6-14-8-10)12(17)11-4-3-9(13)7-15-11/h3-4,7,10,14H,2,5-6,8H2,1H3. The third-order valence-electron chi connectivity index (χ3n) is 3.02. The molecule has 2 rings (SSSR count). The summed E-state index contributed by atoms with van der Waals surface area (Å²) in [6.07, 6.45) is 2.04. The minimum Gasteiger partial charge on any atom is -0.333 e. The lowest BCUT2D eigenvalue weighted by Gasteiger charge is -2.26. The van der Waals surface area contributed by atoms with Crippen molar-refractivity contribution in [3.05, 3.63) is 29.8 Å². The number of carbonyl (C=O) groups is 1. The minimum atomic E-state index is -0.424. The van der Waals surface area contributed by atoms with Gasteiger partial charge in [-0.25, -0.2) is 9.37 Å². The number of nitrogens with one attached hydrogen (secondary N) is 1. The first kappa shape index (κ1) is 12.0. The molecule has 5 heteroatoms. The van der Waals surface area contributed by atoms with Crippen molar-refractivity contribution in [1.82, 2.24) is 15.2 Å². The van der Waals surface area contributed by atoms with Crippen LogP contribution in [0.1, 0.15) is 23.8 Å². The van der Waals surface area contributed by atoms with Crippen molar-refractivity contribution in [2.24, 2.45) is 0 Å². The normalized spacial score (nSPS) is 19.3. The van der Waals surface area contributed by atoms with E-state index in [1.165, 1.54) is 12.1 Å². The summed E-state index contributed by atoms with van der Waals surface area (Å²) in [6, 6.07) is 2.92. The number of nitrogens with zero attached hydrogens (tertiary/aromatic N) is 2. The van der Waals surface area contributed by atoms with Crippen LogP contribution in [0.3, 0.4) is 0 Å². The molecular formula is C12H16FN3O. The molecule has 0 aliphatic carbocycles. The van der Waals surface area contributed by atoms with Gasteiger partial charge in [0.2, 0.25) is 0 Å². The van der Waals surface area contributed by atoms with E-state index >= 15 is 0 Å². The van der Waals surface area contributed by atoms with Crippen molar-refractivity contribution in [1.29, 1.82) is 0 Å². The third kappa shape index (κ3) is 2.61. The van der Waals surface area contributed by atoms with E-state index in [9.17, 15) is 9.18 Å². The molecule has 0 radical (unpaired) electrons. The molecule has 4 nitrogen and oxygen atoms in total. The smallest absolute Gasteiger partial charge is 0.272 e. The number of hydrogen-bond acceptors (Lipinski definition) is 3. The quantitative estimate of drug-likeness (QED) is 0.854. The number of hydrogen-bond donors (Lipinski definition) is 1. The van der Waals surface area contributed by atoms with Gasteiger partial charge in [-0.2, -0.15) is 0 Å². The number of halogens is 1. The fourth-order valence-electron chi connectivity index (χ4n) is 2.12. The predicted octanol–water partition coefficient (Wildman–Crippen LogP) is 1.04. The summed E-state index contributed by atoms with van der Waals surface area (Å²) in [5.74, 6) is -0.548. The number of amides is 1. The second kappa shape index (κ2) is 5.23. The summed E-state index contributed by atoms with van der Waals surface area (Å²) >= 11 is 0. The van der Waals surface area contributed by atoms with Gasteiger partial charge in [0.1, 0.15) is 11.5 Å². The molecule has 1 amide bonds. The molecule has 1 aromatic rings. The Labute approximate surface area is 99.8 Å². The Morgan fingerprint density at radius 1 is 1.65 bits per heavy atom. The van der Waals surface area contributed by atoms with Crippen LogP contribution in [0, 0.1) is 5.82 Å². The molecule has 92 valence electrons. The molecule has 1 aromatic heterocycles. The number of carbonyl (C=O) groups excluding carboxylic acids is 1. The summed E-state index contributed by atoms with van der Waals surface area (Å²) in [4.78, 5) is 17.8. The lowest BCUT2D eigenvalue weighted by Crippen LogP contribution is -2.41. The number of pyridine rings is 1. The van der Waals surface area contributed by atoms with Crippen molar-refractivity contribution in [2.45, 2.75) is 19.4 Å². The third-order valence-corrected chi connectivity index (χ3v) is 3.02. The molecule has 1 atom stereocenters. The van der Waals surface area contributed by atoms with Gasteiger partial charge in [0.15, 0.2) is 0 Å². The average Bonchev–Trinajstić information content (AvgIpc) is 2.84. The van der Waals surface area contributed by atoms with Crippen LogP contribution in [0.15, 0.2) is 18.3 Å². The van der Waals surface area contributed by atoms with Gasteiger partial charge >= 0.3 is 0 Å². The zero-order valence-corrected chi connectivity index (χ0v) is 9.82. The molecule has 0 bridgehead atoms. The van der Waals surface area contributed by atoms with Crippen LogP contribution in [-0.4, -0.2) is 41.5 Å². The molecule has 1 aliphatic heterocycles. The van der Waals surface area contributed by atoms with Gasteiger partial charge in [-0.1, -0.05) is 0 Å². The van der Waals surface area contributed by atoms with Gasteiger partial charge in [0.25, 0.3) is 5.91 Å². The Morgan fingerprint density at radius 3 is 3.00 bits per heavy atom. The van der Waals surface area contributed by atoms with Crippen LogP contribution >= 0.6 is 0 Å². The highest BCUT2D eigenvalue weighted by atomic mass is 19.1. The zero-order chi connectivity index (χ0) is 12.3. The fourth-order valence-corrected chi connectivity index (χ4v) is 2.12. The Morgan fingerprint density at radius 2 is 2.47 bits per heavy atom. The maximum Gasteiger partial charge on any atom is 0.272 e. The molecule has 17 heavy (non-hydrogen) atoms. The molecule has 1 aliphatic rings. The van der Waals surface area contributed by atoms with Gasteiger partial charge in [-0.05, 0) is 32.0 Å². The van der Waals surface area contributed by atoms with Crippen LogP contribution in [0.2, 0.25) is 0 Å². The van der Waals surface area contributed by atoms with Crippen molar-refractivity contribution in [3.63, 3.8) is 0 Å². The Hall–Kier alpha value is -1.49. The fraction of sp³-hybridized carbons (Fsp3) is 0.500. The highest BCUT2D eigenvalue weighted by Crippen LogP contribution is 2.12. The highest BCUT2D eigenvalue weighted by Gasteiger charge is 2.26. The minimum absolute atomic E-state index is 0.124. The molecule has 0 saturated carbocycles. The summed E-state index contributed by atoms with van der Waals surface area (Å²) in [6.45, 7) is 4.34. The molecule has 0 aromatic carbocycles. The van der Waals surface area contributed by atoms with Gasteiger partial charge in [-0.3, -0.25) is 4.79 Å². The topological polar surface area (TPSA) is 45.2 Å². The van der Waals surface area contributed by atoms with Gasteiger partial charge < -0.3 is 10.2 Å². The second-order valence-electron chi connectivity index (χ2n) is 4.10. The Balaban J connectivity index is 2.13. The zero-order valence-electron chi connectivity index (χ0n) is 9.82. The maximum atomic E-state index is 12.7. The summed E-state index contributed by atoms with van der Waals surface area (Å²) in [5.41, 5.74) is 0.306. The van der Waals surface area contributed by atoms with Crippen molar-refractivity contribution >= 4 is 5.91 Å². The van der Waals surface area contributed by atoms with Crippen molar-refractivity contribution in [3.8, 4) is 0 Å². The first-order valence-corrected chi connectivity index (χ1v) is 5.85. The molecule has 1 saturated heterocycles. The summed E-state index contributed by atoms with van der Waals surface area (Å²) in [5, 5.41) is 3.23. The van der Waals surface area contributed by atoms with Crippen LogP contribution in [0.25, 0.3) is 0 Å². The van der Waals surface area contributed by atoms with Crippen LogP contribution in [0.5, 0.6) is 0 Å². The van der Waals surface area contributed by atoms with E-state index in [2.05, 4.69) is 10.3 Å². The maximum absolute atomic E-state index is 12.7. The van der Waals surface area contributed by atoms with E-state index in [-0.39, 0.29) is 11.9 Å². The van der Waals surface area contributed by atoms with Crippen LogP contribution in [0.4, 0.5) is 4.39 Å². The molecule has 2 heterocycles. The molecular weight excluding hydrogens is 221 g/mol.